The normalized spacial score (nSPS) is 24.7. The van der Waals surface area contributed by atoms with Crippen LogP contribution in [0.25, 0.3) is 0 Å². The molecule has 1 aromatic carbocycles. The van der Waals surface area contributed by atoms with Crippen LogP contribution in [0.2, 0.25) is 0 Å². The molecule has 1 fully saturated rings. The van der Waals surface area contributed by atoms with E-state index in [4.69, 9.17) is 10.5 Å². The van der Waals surface area contributed by atoms with Crippen molar-refractivity contribution in [1.29, 1.82) is 0 Å². The fraction of sp³-hybridized carbons (Fsp3) is 0.462. The minimum absolute atomic E-state index is 0.113. The minimum atomic E-state index is -0.179. The van der Waals surface area contributed by atoms with Gasteiger partial charge in [0.25, 0.3) is 0 Å². The van der Waals surface area contributed by atoms with Crippen LogP contribution in [0.3, 0.4) is 0 Å². The van der Waals surface area contributed by atoms with Crippen molar-refractivity contribution in [2.24, 2.45) is 11.7 Å². The second-order valence-electron chi connectivity index (χ2n) is 4.49. The summed E-state index contributed by atoms with van der Waals surface area (Å²) in [6, 6.07) is 5.71. The van der Waals surface area contributed by atoms with Gasteiger partial charge in [-0.05, 0) is 19.4 Å². The number of carbonyl (C=O) groups is 1. The van der Waals surface area contributed by atoms with E-state index in [0.717, 1.165) is 11.1 Å². The number of rotatable bonds is 2. The molecule has 1 aromatic rings. The summed E-state index contributed by atoms with van der Waals surface area (Å²) in [5.41, 5.74) is 8.81. The van der Waals surface area contributed by atoms with Gasteiger partial charge in [0.2, 0.25) is 0 Å². The predicted molar refractivity (Wildman–Crippen MR) is 62.5 cm³/mol. The van der Waals surface area contributed by atoms with E-state index in [1.165, 1.54) is 5.56 Å². The Hall–Kier alpha value is -1.19. The standard InChI is InChI=1S/C13H17NO2/c1-8-3-4-10(9(2)5-8)13(15)11-6-16-7-12(11)14/h3-5,11-12H,6-7,14H2,1-2H3. The van der Waals surface area contributed by atoms with Crippen LogP contribution in [0.5, 0.6) is 0 Å². The van der Waals surface area contributed by atoms with Crippen molar-refractivity contribution in [1.82, 2.24) is 0 Å². The van der Waals surface area contributed by atoms with Gasteiger partial charge in [0.15, 0.2) is 5.78 Å². The number of nitrogens with two attached hydrogens (primary N) is 1. The number of hydrogen-bond acceptors (Lipinski definition) is 3. The van der Waals surface area contributed by atoms with Crippen LogP contribution in [0.4, 0.5) is 0 Å². The first kappa shape index (κ1) is 11.3. The van der Waals surface area contributed by atoms with Crippen LogP contribution in [0.15, 0.2) is 18.2 Å². The molecule has 2 atom stereocenters. The molecule has 0 aliphatic carbocycles. The van der Waals surface area contributed by atoms with Crippen molar-refractivity contribution in [3.63, 3.8) is 0 Å². The number of Topliss-reactive ketones (excluding diaryl/α,β-unsaturated/α-hetero) is 1. The van der Waals surface area contributed by atoms with E-state index in [1.54, 1.807) is 0 Å². The van der Waals surface area contributed by atoms with Gasteiger partial charge < -0.3 is 10.5 Å². The van der Waals surface area contributed by atoms with Gasteiger partial charge in [-0.1, -0.05) is 23.8 Å². The van der Waals surface area contributed by atoms with Gasteiger partial charge in [-0.15, -0.1) is 0 Å². The van der Waals surface area contributed by atoms with Crippen molar-refractivity contribution < 1.29 is 9.53 Å². The molecule has 0 amide bonds. The second kappa shape index (κ2) is 4.36. The Labute approximate surface area is 95.6 Å². The van der Waals surface area contributed by atoms with Crippen molar-refractivity contribution in [2.75, 3.05) is 13.2 Å². The summed E-state index contributed by atoms with van der Waals surface area (Å²) in [5, 5.41) is 0. The van der Waals surface area contributed by atoms with Gasteiger partial charge in [0, 0.05) is 11.6 Å². The molecule has 2 unspecified atom stereocenters. The summed E-state index contributed by atoms with van der Waals surface area (Å²) in [6.45, 7) is 4.92. The third kappa shape index (κ3) is 2.01. The Bertz CT molecular complexity index is 414. The molecule has 1 saturated heterocycles. The Morgan fingerprint density at radius 2 is 2.12 bits per heavy atom. The predicted octanol–water partition coefficient (Wildman–Crippen LogP) is 1.46. The third-order valence-electron chi connectivity index (χ3n) is 3.11. The monoisotopic (exact) mass is 219 g/mol. The summed E-state index contributed by atoms with van der Waals surface area (Å²) in [7, 11) is 0. The molecule has 0 radical (unpaired) electrons. The van der Waals surface area contributed by atoms with E-state index in [0.29, 0.717) is 13.2 Å². The highest BCUT2D eigenvalue weighted by Gasteiger charge is 2.32. The molecule has 2 rings (SSSR count). The zero-order valence-electron chi connectivity index (χ0n) is 9.69. The highest BCUT2D eigenvalue weighted by molar-refractivity contribution is 5.99. The van der Waals surface area contributed by atoms with Crippen LogP contribution in [0.1, 0.15) is 21.5 Å². The average Bonchev–Trinajstić information content (AvgIpc) is 2.63. The Morgan fingerprint density at radius 3 is 2.69 bits per heavy atom. The Kier molecular flexibility index (Phi) is 3.08. The lowest BCUT2D eigenvalue weighted by atomic mass is 9.91. The zero-order valence-corrected chi connectivity index (χ0v) is 9.69. The number of carbonyl (C=O) groups excluding carboxylic acids is 1. The lowest BCUT2D eigenvalue weighted by molar-refractivity contribution is 0.0895. The van der Waals surface area contributed by atoms with Crippen LogP contribution >= 0.6 is 0 Å². The lowest BCUT2D eigenvalue weighted by Gasteiger charge is -2.13. The molecule has 1 heterocycles. The summed E-state index contributed by atoms with van der Waals surface area (Å²) in [6.07, 6.45) is 0. The van der Waals surface area contributed by atoms with Gasteiger partial charge in [-0.2, -0.15) is 0 Å². The first-order chi connectivity index (χ1) is 7.59. The summed E-state index contributed by atoms with van der Waals surface area (Å²) in [4.78, 5) is 12.2. The fourth-order valence-corrected chi connectivity index (χ4v) is 2.13. The Morgan fingerprint density at radius 1 is 1.38 bits per heavy atom. The molecular formula is C13H17NO2. The van der Waals surface area contributed by atoms with E-state index in [1.807, 2.05) is 32.0 Å². The summed E-state index contributed by atoms with van der Waals surface area (Å²) < 4.78 is 5.23. The number of ether oxygens (including phenoxy) is 1. The molecule has 86 valence electrons. The highest BCUT2D eigenvalue weighted by atomic mass is 16.5. The number of hydrogen-bond donors (Lipinski definition) is 1. The van der Waals surface area contributed by atoms with Crippen LogP contribution < -0.4 is 5.73 Å². The molecule has 2 N–H and O–H groups in total. The topological polar surface area (TPSA) is 52.3 Å². The maximum absolute atomic E-state index is 12.2. The fourth-order valence-electron chi connectivity index (χ4n) is 2.13. The van der Waals surface area contributed by atoms with E-state index >= 15 is 0 Å². The van der Waals surface area contributed by atoms with Gasteiger partial charge in [-0.3, -0.25) is 4.79 Å². The minimum Gasteiger partial charge on any atom is -0.379 e. The first-order valence-corrected chi connectivity index (χ1v) is 5.54. The highest BCUT2D eigenvalue weighted by Crippen LogP contribution is 2.20. The van der Waals surface area contributed by atoms with E-state index < -0.39 is 0 Å². The van der Waals surface area contributed by atoms with Crippen molar-refractivity contribution >= 4 is 5.78 Å². The molecule has 0 saturated carbocycles. The molecule has 0 aromatic heterocycles. The lowest BCUT2D eigenvalue weighted by Crippen LogP contribution is -2.34. The van der Waals surface area contributed by atoms with Crippen LogP contribution in [-0.2, 0) is 4.74 Å². The van der Waals surface area contributed by atoms with E-state index in [9.17, 15) is 4.79 Å². The van der Waals surface area contributed by atoms with Crippen molar-refractivity contribution in [2.45, 2.75) is 19.9 Å². The molecule has 1 aliphatic heterocycles. The van der Waals surface area contributed by atoms with Crippen LogP contribution in [0, 0.1) is 19.8 Å². The number of benzene rings is 1. The summed E-state index contributed by atoms with van der Waals surface area (Å²) >= 11 is 0. The zero-order chi connectivity index (χ0) is 11.7. The van der Waals surface area contributed by atoms with Gasteiger partial charge in [-0.25, -0.2) is 0 Å². The molecule has 3 heteroatoms. The van der Waals surface area contributed by atoms with Gasteiger partial charge in [0.1, 0.15) is 0 Å². The van der Waals surface area contributed by atoms with E-state index in [2.05, 4.69) is 0 Å². The molecule has 1 aliphatic rings. The maximum atomic E-state index is 12.2. The second-order valence-corrected chi connectivity index (χ2v) is 4.49. The quantitative estimate of drug-likeness (QED) is 0.766. The third-order valence-corrected chi connectivity index (χ3v) is 3.11. The molecule has 3 nitrogen and oxygen atoms in total. The van der Waals surface area contributed by atoms with Crippen molar-refractivity contribution in [3.8, 4) is 0 Å². The molecule has 16 heavy (non-hydrogen) atoms. The maximum Gasteiger partial charge on any atom is 0.170 e. The number of ketones is 1. The SMILES string of the molecule is Cc1ccc(C(=O)C2COCC2N)c(C)c1. The first-order valence-electron chi connectivity index (χ1n) is 5.54. The van der Waals surface area contributed by atoms with Gasteiger partial charge in [0.05, 0.1) is 19.1 Å². The smallest absolute Gasteiger partial charge is 0.170 e. The number of aryl methyl sites for hydroxylation is 2. The van der Waals surface area contributed by atoms with Gasteiger partial charge >= 0.3 is 0 Å². The molecule has 0 spiro atoms. The summed E-state index contributed by atoms with van der Waals surface area (Å²) in [5.74, 6) is -0.0658. The van der Waals surface area contributed by atoms with Crippen molar-refractivity contribution in [3.05, 3.63) is 34.9 Å². The van der Waals surface area contributed by atoms with Crippen LogP contribution in [-0.4, -0.2) is 25.0 Å². The average molecular weight is 219 g/mol. The molecule has 0 bridgehead atoms. The molecular weight excluding hydrogens is 202 g/mol. The Balaban J connectivity index is 2.27. The van der Waals surface area contributed by atoms with E-state index in [-0.39, 0.29) is 17.7 Å². The largest absolute Gasteiger partial charge is 0.379 e.